The summed E-state index contributed by atoms with van der Waals surface area (Å²) in [7, 11) is 0. The van der Waals surface area contributed by atoms with Gasteiger partial charge in [0.1, 0.15) is 11.2 Å². The summed E-state index contributed by atoms with van der Waals surface area (Å²) in [5.41, 5.74) is 7.27. The minimum atomic E-state index is -0.257. The minimum Gasteiger partial charge on any atom is -0.346 e. The summed E-state index contributed by atoms with van der Waals surface area (Å²) in [5.74, 6) is 1.26. The Balaban J connectivity index is 1.17. The fourth-order valence-electron chi connectivity index (χ4n) is 7.59. The number of amides is 1. The number of rotatable bonds is 4. The lowest BCUT2D eigenvalue weighted by molar-refractivity contribution is -0.143. The number of nitrogens with one attached hydrogen (secondary N) is 2. The monoisotopic (exact) mass is 516 g/mol. The van der Waals surface area contributed by atoms with Gasteiger partial charge in [-0.1, -0.05) is 20.8 Å². The number of likely N-dealkylation sites (tertiary alicyclic amines) is 1. The molecule has 194 valence electrons. The van der Waals surface area contributed by atoms with Crippen LogP contribution in [0.1, 0.15) is 79.9 Å². The highest BCUT2D eigenvalue weighted by Crippen LogP contribution is 2.54. The molecule has 0 aromatic carbocycles. The first-order valence-corrected chi connectivity index (χ1v) is 14.5. The lowest BCUT2D eigenvalue weighted by Gasteiger charge is -2.46. The van der Waals surface area contributed by atoms with E-state index in [1.165, 1.54) is 31.9 Å². The van der Waals surface area contributed by atoms with Crippen molar-refractivity contribution in [3.63, 3.8) is 0 Å². The summed E-state index contributed by atoms with van der Waals surface area (Å²) in [5, 5.41) is 9.34. The van der Waals surface area contributed by atoms with E-state index in [-0.39, 0.29) is 5.54 Å². The molecular weight excluding hydrogens is 480 g/mol. The fourth-order valence-corrected chi connectivity index (χ4v) is 8.98. The summed E-state index contributed by atoms with van der Waals surface area (Å²) in [4.78, 5) is 26.4. The van der Waals surface area contributed by atoms with Crippen LogP contribution in [-0.2, 0) is 4.79 Å². The van der Waals surface area contributed by atoms with Crippen molar-refractivity contribution in [2.45, 2.75) is 77.7 Å². The van der Waals surface area contributed by atoms with Crippen LogP contribution in [0.3, 0.4) is 0 Å². The van der Waals surface area contributed by atoms with E-state index in [9.17, 15) is 4.79 Å². The molecule has 3 saturated heterocycles. The van der Waals surface area contributed by atoms with Crippen molar-refractivity contribution < 1.29 is 4.79 Å². The summed E-state index contributed by atoms with van der Waals surface area (Å²) in [6.45, 7) is 14.0. The van der Waals surface area contributed by atoms with Gasteiger partial charge in [0.15, 0.2) is 5.65 Å². The van der Waals surface area contributed by atoms with Gasteiger partial charge in [0, 0.05) is 41.7 Å². The molecule has 7 nitrogen and oxygen atoms in total. The molecule has 3 aliphatic heterocycles. The molecule has 4 aromatic rings. The topological polar surface area (TPSA) is 78.3 Å². The predicted molar refractivity (Wildman–Crippen MR) is 148 cm³/mol. The third-order valence-corrected chi connectivity index (χ3v) is 10.6. The maximum absolute atomic E-state index is 13.3. The minimum absolute atomic E-state index is 0.257. The number of pyridine rings is 1. The van der Waals surface area contributed by atoms with Crippen LogP contribution in [-0.4, -0.2) is 55.6 Å². The van der Waals surface area contributed by atoms with E-state index in [2.05, 4.69) is 72.2 Å². The Morgan fingerprint density at radius 2 is 1.97 bits per heavy atom. The van der Waals surface area contributed by atoms with Crippen LogP contribution < -0.4 is 5.32 Å². The SMILES string of the molecule is Cc1c(C2CCN(C(=O)C34CC(C)(CN3)C4)CC2)sc2[nH]c(-c3cc(C)c4ncnn4c3)c(C(C)C)c12. The standard InChI is InChI=1S/C29H36N6OS/c1-16(2)21-22-18(4)24(19-6-8-34(9-7-19)27(36)29-12-28(5,13-29)14-31-29)37-26(22)33-23(21)20-10-17(3)25-30-15-32-35(25)11-20/h10-11,15-16,19,31,33H,6-9,12-14H2,1-5H3. The summed E-state index contributed by atoms with van der Waals surface area (Å²) in [6, 6.07) is 2.22. The summed E-state index contributed by atoms with van der Waals surface area (Å²) < 4.78 is 1.88. The molecule has 0 radical (unpaired) electrons. The van der Waals surface area contributed by atoms with Crippen molar-refractivity contribution in [1.82, 2.24) is 29.8 Å². The number of aryl methyl sites for hydroxylation is 2. The van der Waals surface area contributed by atoms with Gasteiger partial charge in [-0.3, -0.25) is 4.79 Å². The Morgan fingerprint density at radius 3 is 2.65 bits per heavy atom. The number of carbonyl (C=O) groups is 1. The number of aromatic amines is 1. The smallest absolute Gasteiger partial charge is 0.242 e. The van der Waals surface area contributed by atoms with Crippen LogP contribution >= 0.6 is 11.3 Å². The first-order chi connectivity index (χ1) is 17.7. The van der Waals surface area contributed by atoms with Crippen LogP contribution in [0.15, 0.2) is 18.6 Å². The molecule has 37 heavy (non-hydrogen) atoms. The highest BCUT2D eigenvalue weighted by molar-refractivity contribution is 7.19. The Bertz CT molecular complexity index is 1540. The van der Waals surface area contributed by atoms with Gasteiger partial charge in [-0.15, -0.1) is 11.3 Å². The first kappa shape index (κ1) is 23.4. The zero-order valence-electron chi connectivity index (χ0n) is 22.4. The predicted octanol–water partition coefficient (Wildman–Crippen LogP) is 5.53. The molecule has 0 atom stereocenters. The van der Waals surface area contributed by atoms with Gasteiger partial charge in [0.2, 0.25) is 5.91 Å². The normalized spacial score (nSPS) is 26.1. The maximum Gasteiger partial charge on any atom is 0.242 e. The van der Waals surface area contributed by atoms with Crippen LogP contribution in [0.5, 0.6) is 0 Å². The first-order valence-electron chi connectivity index (χ1n) is 13.7. The van der Waals surface area contributed by atoms with Gasteiger partial charge < -0.3 is 15.2 Å². The van der Waals surface area contributed by atoms with Gasteiger partial charge in [-0.05, 0) is 79.5 Å². The number of hydrogen-bond acceptors (Lipinski definition) is 5. The number of aromatic nitrogens is 4. The second-order valence-corrected chi connectivity index (χ2v) is 13.5. The molecule has 0 spiro atoms. The fraction of sp³-hybridized carbons (Fsp3) is 0.552. The molecule has 4 fully saturated rings. The van der Waals surface area contributed by atoms with E-state index < -0.39 is 0 Å². The zero-order valence-corrected chi connectivity index (χ0v) is 23.3. The van der Waals surface area contributed by atoms with Gasteiger partial charge in [0.05, 0.1) is 11.2 Å². The lowest BCUT2D eigenvalue weighted by atomic mass is 9.62. The van der Waals surface area contributed by atoms with Gasteiger partial charge in [-0.25, -0.2) is 9.50 Å². The molecule has 2 N–H and O–H groups in total. The van der Waals surface area contributed by atoms with Crippen molar-refractivity contribution in [1.29, 1.82) is 0 Å². The number of piperidine rings is 1. The number of hydrogen-bond donors (Lipinski definition) is 2. The molecule has 7 heterocycles. The highest BCUT2D eigenvalue weighted by atomic mass is 32.1. The average Bonchev–Trinajstić information content (AvgIpc) is 3.65. The Labute approximate surface area is 221 Å². The van der Waals surface area contributed by atoms with Crippen LogP contribution in [0.25, 0.3) is 27.1 Å². The van der Waals surface area contributed by atoms with Crippen LogP contribution in [0, 0.1) is 19.3 Å². The molecule has 1 aliphatic carbocycles. The third kappa shape index (κ3) is 3.37. The van der Waals surface area contributed by atoms with Crippen molar-refractivity contribution >= 4 is 33.1 Å². The molecule has 8 rings (SSSR count). The van der Waals surface area contributed by atoms with E-state index in [0.717, 1.165) is 62.1 Å². The van der Waals surface area contributed by atoms with E-state index in [4.69, 9.17) is 0 Å². The van der Waals surface area contributed by atoms with Gasteiger partial charge in [-0.2, -0.15) is 5.10 Å². The van der Waals surface area contributed by atoms with Crippen LogP contribution in [0.4, 0.5) is 0 Å². The largest absolute Gasteiger partial charge is 0.346 e. The van der Waals surface area contributed by atoms with E-state index >= 15 is 0 Å². The number of carbonyl (C=O) groups excluding carboxylic acids is 1. The van der Waals surface area contributed by atoms with Crippen molar-refractivity contribution in [3.05, 3.63) is 40.2 Å². The van der Waals surface area contributed by atoms with Gasteiger partial charge in [0.25, 0.3) is 0 Å². The lowest BCUT2D eigenvalue weighted by Crippen LogP contribution is -2.60. The number of H-pyrrole nitrogens is 1. The summed E-state index contributed by atoms with van der Waals surface area (Å²) in [6.07, 6.45) is 7.83. The van der Waals surface area contributed by atoms with Crippen molar-refractivity contribution in [3.8, 4) is 11.3 Å². The molecule has 4 aromatic heterocycles. The number of fused-ring (bicyclic) bond motifs is 3. The highest BCUT2D eigenvalue weighted by Gasteiger charge is 2.63. The van der Waals surface area contributed by atoms with Gasteiger partial charge >= 0.3 is 0 Å². The third-order valence-electron chi connectivity index (χ3n) is 9.26. The second kappa shape index (κ2) is 7.90. The second-order valence-electron chi connectivity index (χ2n) is 12.5. The average molecular weight is 517 g/mol. The molecule has 0 unspecified atom stereocenters. The molecule has 4 aliphatic rings. The zero-order chi connectivity index (χ0) is 25.7. The van der Waals surface area contributed by atoms with E-state index in [1.807, 2.05) is 15.9 Å². The molecule has 1 amide bonds. The Kier molecular flexibility index (Phi) is 5.00. The molecular formula is C29H36N6OS. The number of thiophene rings is 1. The molecule has 8 heteroatoms. The van der Waals surface area contributed by atoms with E-state index in [1.54, 1.807) is 6.33 Å². The quantitative estimate of drug-likeness (QED) is 0.374. The van der Waals surface area contributed by atoms with Crippen molar-refractivity contribution in [2.75, 3.05) is 19.6 Å². The molecule has 2 bridgehead atoms. The van der Waals surface area contributed by atoms with Crippen molar-refractivity contribution in [2.24, 2.45) is 5.41 Å². The number of nitrogens with zero attached hydrogens (tertiary/aromatic N) is 4. The Hall–Kier alpha value is -2.71. The summed E-state index contributed by atoms with van der Waals surface area (Å²) >= 11 is 1.92. The van der Waals surface area contributed by atoms with Crippen LogP contribution in [0.2, 0.25) is 0 Å². The molecule has 1 saturated carbocycles. The van der Waals surface area contributed by atoms with E-state index in [0.29, 0.717) is 23.2 Å². The maximum atomic E-state index is 13.3. The Morgan fingerprint density at radius 1 is 1.22 bits per heavy atom.